The number of ether oxygens (including phenoxy) is 1. The number of non-ortho nitro benzene ring substituents is 1. The molecule has 2 aromatic carbocycles. The Labute approximate surface area is 191 Å². The molecule has 11 heteroatoms. The van der Waals surface area contributed by atoms with E-state index < -0.39 is 14.9 Å². The highest BCUT2D eigenvalue weighted by molar-refractivity contribution is 7.89. The van der Waals surface area contributed by atoms with Crippen molar-refractivity contribution in [3.8, 4) is 5.75 Å². The van der Waals surface area contributed by atoms with Crippen LogP contribution in [0.4, 0.5) is 5.69 Å². The number of nitrogens with one attached hydrogen (secondary N) is 1. The third-order valence-electron chi connectivity index (χ3n) is 5.31. The Bertz CT molecular complexity index is 1080. The number of benzene rings is 2. The number of nitro groups is 1. The van der Waals surface area contributed by atoms with Gasteiger partial charge < -0.3 is 10.1 Å². The topological polar surface area (TPSA) is 119 Å². The fourth-order valence-corrected chi connectivity index (χ4v) is 5.34. The Balaban J connectivity index is 1.50. The van der Waals surface area contributed by atoms with Crippen molar-refractivity contribution in [2.45, 2.75) is 24.7 Å². The largest absolute Gasteiger partial charge is 0.492 e. The zero-order valence-corrected chi connectivity index (χ0v) is 19.1. The Hall–Kier alpha value is -2.69. The molecular weight excluding hydrogens is 458 g/mol. The summed E-state index contributed by atoms with van der Waals surface area (Å²) < 4.78 is 32.8. The molecule has 0 unspecified atom stereocenters. The van der Waals surface area contributed by atoms with Crippen molar-refractivity contribution in [1.29, 1.82) is 0 Å². The average molecular weight is 482 g/mol. The maximum absolute atomic E-state index is 13.0. The van der Waals surface area contributed by atoms with Gasteiger partial charge in [-0.25, -0.2) is 8.42 Å². The standard InChI is InChI=1S/C21H24ClN3O6S/c1-15-2-5-18(25(27)28)14-20(15)32(29,30)24-11-8-16(9-12-24)21(26)23-10-13-31-19-6-3-17(22)4-7-19/h2-7,14,16H,8-13H2,1H3,(H,23,26). The van der Waals surface area contributed by atoms with Gasteiger partial charge in [0.1, 0.15) is 12.4 Å². The molecule has 0 spiro atoms. The van der Waals surface area contributed by atoms with Gasteiger partial charge in [0.2, 0.25) is 15.9 Å². The minimum atomic E-state index is -3.88. The monoisotopic (exact) mass is 481 g/mol. The second kappa shape index (κ2) is 10.3. The molecule has 9 nitrogen and oxygen atoms in total. The van der Waals surface area contributed by atoms with Crippen molar-refractivity contribution in [2.24, 2.45) is 5.92 Å². The molecule has 0 aromatic heterocycles. The van der Waals surface area contributed by atoms with Gasteiger partial charge in [-0.3, -0.25) is 14.9 Å². The van der Waals surface area contributed by atoms with E-state index in [9.17, 15) is 23.3 Å². The van der Waals surface area contributed by atoms with Crippen LogP contribution in [0.2, 0.25) is 5.02 Å². The first-order valence-corrected chi connectivity index (χ1v) is 11.9. The van der Waals surface area contributed by atoms with E-state index in [1.165, 1.54) is 16.4 Å². The van der Waals surface area contributed by atoms with Gasteiger partial charge >= 0.3 is 0 Å². The Kier molecular flexibility index (Phi) is 7.70. The lowest BCUT2D eigenvalue weighted by atomic mass is 9.97. The Morgan fingerprint density at radius 1 is 1.22 bits per heavy atom. The zero-order valence-electron chi connectivity index (χ0n) is 17.5. The maximum Gasteiger partial charge on any atom is 0.270 e. The molecule has 32 heavy (non-hydrogen) atoms. The third-order valence-corrected chi connectivity index (χ3v) is 7.60. The quantitative estimate of drug-likeness (QED) is 0.351. The van der Waals surface area contributed by atoms with Gasteiger partial charge in [-0.2, -0.15) is 4.31 Å². The van der Waals surface area contributed by atoms with E-state index in [0.29, 0.717) is 42.3 Å². The van der Waals surface area contributed by atoms with Crippen molar-refractivity contribution in [3.05, 3.63) is 63.2 Å². The van der Waals surface area contributed by atoms with Crippen LogP contribution < -0.4 is 10.1 Å². The number of carbonyl (C=O) groups is 1. The first kappa shape index (κ1) is 24.0. The average Bonchev–Trinajstić information content (AvgIpc) is 2.78. The number of sulfonamides is 1. The highest BCUT2D eigenvalue weighted by atomic mass is 35.5. The summed E-state index contributed by atoms with van der Waals surface area (Å²) in [4.78, 5) is 22.8. The number of aryl methyl sites for hydroxylation is 1. The number of hydrogen-bond donors (Lipinski definition) is 1. The Morgan fingerprint density at radius 2 is 1.88 bits per heavy atom. The molecule has 3 rings (SSSR count). The molecule has 1 N–H and O–H groups in total. The normalized spacial score (nSPS) is 15.3. The van der Waals surface area contributed by atoms with E-state index in [2.05, 4.69) is 5.32 Å². The highest BCUT2D eigenvalue weighted by Crippen LogP contribution is 2.28. The number of piperidine rings is 1. The van der Waals surface area contributed by atoms with Gasteiger partial charge in [0.25, 0.3) is 5.69 Å². The van der Waals surface area contributed by atoms with Gasteiger partial charge in [-0.05, 0) is 49.6 Å². The second-order valence-corrected chi connectivity index (χ2v) is 9.82. The van der Waals surface area contributed by atoms with Gasteiger partial charge in [0.15, 0.2) is 0 Å². The summed E-state index contributed by atoms with van der Waals surface area (Å²) in [6.45, 7) is 2.57. The number of nitro benzene ring substituents is 1. The number of rotatable bonds is 8. The number of hydrogen-bond acceptors (Lipinski definition) is 6. The fraction of sp³-hybridized carbons (Fsp3) is 0.381. The van der Waals surface area contributed by atoms with E-state index in [-0.39, 0.29) is 35.5 Å². The molecule has 1 saturated heterocycles. The summed E-state index contributed by atoms with van der Waals surface area (Å²) in [5, 5.41) is 14.5. The molecular formula is C21H24ClN3O6S. The van der Waals surface area contributed by atoms with Crippen molar-refractivity contribution >= 4 is 33.2 Å². The third kappa shape index (κ3) is 5.76. The number of amides is 1. The van der Waals surface area contributed by atoms with Crippen LogP contribution in [0.5, 0.6) is 5.75 Å². The lowest BCUT2D eigenvalue weighted by Gasteiger charge is -2.30. The molecule has 1 fully saturated rings. The number of nitrogens with zero attached hydrogens (tertiary/aromatic N) is 2. The van der Waals surface area contributed by atoms with Crippen molar-refractivity contribution < 1.29 is 22.9 Å². The summed E-state index contributed by atoms with van der Waals surface area (Å²) in [6.07, 6.45) is 0.744. The van der Waals surface area contributed by atoms with Crippen LogP contribution in [-0.2, 0) is 14.8 Å². The van der Waals surface area contributed by atoms with Gasteiger partial charge in [-0.1, -0.05) is 17.7 Å². The summed E-state index contributed by atoms with van der Waals surface area (Å²) >= 11 is 5.82. The van der Waals surface area contributed by atoms with E-state index in [1.807, 2.05) is 0 Å². The van der Waals surface area contributed by atoms with Crippen LogP contribution >= 0.6 is 11.6 Å². The van der Waals surface area contributed by atoms with E-state index >= 15 is 0 Å². The molecule has 2 aromatic rings. The molecule has 0 aliphatic carbocycles. The minimum absolute atomic E-state index is 0.0750. The molecule has 1 aliphatic rings. The van der Waals surface area contributed by atoms with E-state index in [4.69, 9.17) is 16.3 Å². The minimum Gasteiger partial charge on any atom is -0.492 e. The van der Waals surface area contributed by atoms with Gasteiger partial charge in [0.05, 0.1) is 16.4 Å². The van der Waals surface area contributed by atoms with E-state index in [1.54, 1.807) is 31.2 Å². The van der Waals surface area contributed by atoms with Gasteiger partial charge in [-0.15, -0.1) is 0 Å². The van der Waals surface area contributed by atoms with Crippen LogP contribution in [0.25, 0.3) is 0 Å². The van der Waals surface area contributed by atoms with Crippen molar-refractivity contribution in [3.63, 3.8) is 0 Å². The van der Waals surface area contributed by atoms with Crippen LogP contribution in [0.1, 0.15) is 18.4 Å². The molecule has 0 saturated carbocycles. The van der Waals surface area contributed by atoms with Gasteiger partial charge in [0, 0.05) is 36.2 Å². The van der Waals surface area contributed by atoms with E-state index in [0.717, 1.165) is 6.07 Å². The smallest absolute Gasteiger partial charge is 0.270 e. The molecule has 0 radical (unpaired) electrons. The van der Waals surface area contributed by atoms with Crippen molar-refractivity contribution in [1.82, 2.24) is 9.62 Å². The maximum atomic E-state index is 13.0. The molecule has 1 aliphatic heterocycles. The van der Waals surface area contributed by atoms with Crippen LogP contribution in [0, 0.1) is 23.0 Å². The Morgan fingerprint density at radius 3 is 2.50 bits per heavy atom. The summed E-state index contributed by atoms with van der Waals surface area (Å²) in [5.74, 6) is 0.204. The summed E-state index contributed by atoms with van der Waals surface area (Å²) in [5.41, 5.74) is 0.167. The summed E-state index contributed by atoms with van der Waals surface area (Å²) in [6, 6.07) is 10.7. The van der Waals surface area contributed by atoms with Crippen LogP contribution in [0.3, 0.4) is 0 Å². The number of halogens is 1. The van der Waals surface area contributed by atoms with Crippen LogP contribution in [0.15, 0.2) is 47.4 Å². The zero-order chi connectivity index (χ0) is 23.3. The molecule has 1 heterocycles. The van der Waals surface area contributed by atoms with Crippen molar-refractivity contribution in [2.75, 3.05) is 26.2 Å². The lowest BCUT2D eigenvalue weighted by molar-refractivity contribution is -0.385. The lowest BCUT2D eigenvalue weighted by Crippen LogP contribution is -2.43. The first-order chi connectivity index (χ1) is 15.2. The fourth-order valence-electron chi connectivity index (χ4n) is 3.50. The first-order valence-electron chi connectivity index (χ1n) is 10.1. The predicted molar refractivity (Wildman–Crippen MR) is 119 cm³/mol. The SMILES string of the molecule is Cc1ccc([N+](=O)[O-])cc1S(=O)(=O)N1CCC(C(=O)NCCOc2ccc(Cl)cc2)CC1. The number of carbonyl (C=O) groups excluding carboxylic acids is 1. The van der Waals surface area contributed by atoms with Crippen LogP contribution in [-0.4, -0.2) is 49.8 Å². The molecule has 172 valence electrons. The molecule has 1 amide bonds. The second-order valence-electron chi connectivity index (χ2n) is 7.48. The predicted octanol–water partition coefficient (Wildman–Crippen LogP) is 3.15. The molecule has 0 atom stereocenters. The molecule has 0 bridgehead atoms. The summed E-state index contributed by atoms with van der Waals surface area (Å²) in [7, 11) is -3.88. The highest BCUT2D eigenvalue weighted by Gasteiger charge is 2.33.